The highest BCUT2D eigenvalue weighted by atomic mass is 16.5. The van der Waals surface area contributed by atoms with Crippen molar-refractivity contribution in [3.63, 3.8) is 0 Å². The maximum Gasteiger partial charge on any atom is 0.142 e. The summed E-state index contributed by atoms with van der Waals surface area (Å²) in [6.07, 6.45) is 3.07. The Morgan fingerprint density at radius 2 is 2.41 bits per heavy atom. The molecule has 2 rings (SSSR count). The van der Waals surface area contributed by atoms with Gasteiger partial charge in [-0.2, -0.15) is 5.26 Å². The quantitative estimate of drug-likeness (QED) is 0.779. The number of nitriles is 1. The first-order valence-electron chi connectivity index (χ1n) is 5.88. The van der Waals surface area contributed by atoms with Crippen molar-refractivity contribution in [2.45, 2.75) is 19.4 Å². The maximum atomic E-state index is 8.84. The molecule has 17 heavy (non-hydrogen) atoms. The van der Waals surface area contributed by atoms with Crippen LogP contribution in [0.25, 0.3) is 0 Å². The minimum absolute atomic E-state index is 0.266. The van der Waals surface area contributed by atoms with Crippen molar-refractivity contribution in [1.29, 1.82) is 5.26 Å². The number of nitrogens with zero attached hydrogens (tertiary/aromatic N) is 3. The van der Waals surface area contributed by atoms with Crippen molar-refractivity contribution in [2.75, 3.05) is 25.1 Å². The first-order chi connectivity index (χ1) is 8.24. The van der Waals surface area contributed by atoms with Gasteiger partial charge in [-0.05, 0) is 24.5 Å². The van der Waals surface area contributed by atoms with Gasteiger partial charge in [0.05, 0.1) is 6.10 Å². The lowest BCUT2D eigenvalue weighted by Gasteiger charge is -2.37. The summed E-state index contributed by atoms with van der Waals surface area (Å²) in [5.74, 6) is 0.591. The molecule has 0 aliphatic carbocycles. The van der Waals surface area contributed by atoms with Crippen LogP contribution in [0.4, 0.5) is 5.69 Å². The molecule has 0 N–H and O–H groups in total. The molecule has 2 atom stereocenters. The van der Waals surface area contributed by atoms with Gasteiger partial charge in [0.25, 0.3) is 0 Å². The van der Waals surface area contributed by atoms with Crippen molar-refractivity contribution in [3.05, 3.63) is 24.0 Å². The molecule has 0 saturated carbocycles. The average Bonchev–Trinajstić information content (AvgIpc) is 2.39. The number of hydrogen-bond donors (Lipinski definition) is 0. The Labute approximate surface area is 102 Å². The Hall–Kier alpha value is -1.60. The Morgan fingerprint density at radius 3 is 3.12 bits per heavy atom. The first kappa shape index (κ1) is 11.9. The van der Waals surface area contributed by atoms with Crippen molar-refractivity contribution in [3.8, 4) is 6.07 Å². The average molecular weight is 231 g/mol. The molecule has 0 aromatic carbocycles. The van der Waals surface area contributed by atoms with E-state index in [0.29, 0.717) is 11.6 Å². The highest BCUT2D eigenvalue weighted by molar-refractivity contribution is 5.49. The Kier molecular flexibility index (Phi) is 3.60. The van der Waals surface area contributed by atoms with Crippen LogP contribution >= 0.6 is 0 Å². The molecule has 0 radical (unpaired) electrons. The van der Waals surface area contributed by atoms with E-state index in [1.54, 1.807) is 13.3 Å². The number of rotatable bonds is 2. The molecule has 2 heterocycles. The van der Waals surface area contributed by atoms with Crippen LogP contribution in [0.2, 0.25) is 0 Å². The molecule has 0 amide bonds. The van der Waals surface area contributed by atoms with Crippen LogP contribution in [0.15, 0.2) is 18.3 Å². The van der Waals surface area contributed by atoms with E-state index in [-0.39, 0.29) is 6.10 Å². The van der Waals surface area contributed by atoms with Crippen LogP contribution in [0.5, 0.6) is 0 Å². The van der Waals surface area contributed by atoms with E-state index in [2.05, 4.69) is 22.9 Å². The van der Waals surface area contributed by atoms with Gasteiger partial charge in [-0.15, -0.1) is 0 Å². The van der Waals surface area contributed by atoms with Gasteiger partial charge in [-0.3, -0.25) is 0 Å². The third kappa shape index (κ3) is 2.56. The van der Waals surface area contributed by atoms with Gasteiger partial charge in [0, 0.05) is 32.1 Å². The predicted molar refractivity (Wildman–Crippen MR) is 65.7 cm³/mol. The Morgan fingerprint density at radius 1 is 1.59 bits per heavy atom. The summed E-state index contributed by atoms with van der Waals surface area (Å²) in [6, 6.07) is 5.86. The SMILES string of the molecule is COC1CN(c2ccnc(C#N)c2)CCC1C. The minimum atomic E-state index is 0.266. The Balaban J connectivity index is 2.15. The van der Waals surface area contributed by atoms with Gasteiger partial charge < -0.3 is 9.64 Å². The van der Waals surface area contributed by atoms with Gasteiger partial charge in [0.2, 0.25) is 0 Å². The topological polar surface area (TPSA) is 49.1 Å². The lowest BCUT2D eigenvalue weighted by Crippen LogP contribution is -2.43. The smallest absolute Gasteiger partial charge is 0.142 e. The van der Waals surface area contributed by atoms with Crippen LogP contribution in [0.1, 0.15) is 19.0 Å². The zero-order chi connectivity index (χ0) is 12.3. The fourth-order valence-corrected chi connectivity index (χ4v) is 2.25. The van der Waals surface area contributed by atoms with Crippen LogP contribution in [-0.4, -0.2) is 31.3 Å². The second-order valence-electron chi connectivity index (χ2n) is 4.50. The molecule has 1 aliphatic heterocycles. The molecule has 1 saturated heterocycles. The van der Waals surface area contributed by atoms with E-state index in [1.165, 1.54) is 0 Å². The molecule has 1 aliphatic rings. The first-order valence-corrected chi connectivity index (χ1v) is 5.88. The summed E-state index contributed by atoms with van der Waals surface area (Å²) in [5, 5.41) is 8.84. The van der Waals surface area contributed by atoms with Crippen LogP contribution in [-0.2, 0) is 4.74 Å². The van der Waals surface area contributed by atoms with Gasteiger partial charge in [-0.25, -0.2) is 4.98 Å². The molecule has 0 spiro atoms. The molecule has 90 valence electrons. The largest absolute Gasteiger partial charge is 0.379 e. The van der Waals surface area contributed by atoms with Gasteiger partial charge >= 0.3 is 0 Å². The molecule has 1 aromatic heterocycles. The maximum absolute atomic E-state index is 8.84. The zero-order valence-electron chi connectivity index (χ0n) is 10.3. The van der Waals surface area contributed by atoms with Crippen LogP contribution in [0.3, 0.4) is 0 Å². The second kappa shape index (κ2) is 5.15. The molecule has 0 bridgehead atoms. The summed E-state index contributed by atoms with van der Waals surface area (Å²) in [6.45, 7) is 4.11. The summed E-state index contributed by atoms with van der Waals surface area (Å²) < 4.78 is 5.49. The number of piperidine rings is 1. The van der Waals surface area contributed by atoms with Crippen LogP contribution < -0.4 is 4.90 Å². The zero-order valence-corrected chi connectivity index (χ0v) is 10.3. The second-order valence-corrected chi connectivity index (χ2v) is 4.50. The number of ether oxygens (including phenoxy) is 1. The van der Waals surface area contributed by atoms with Crippen molar-refractivity contribution in [2.24, 2.45) is 5.92 Å². The summed E-state index contributed by atoms with van der Waals surface area (Å²) in [7, 11) is 1.76. The summed E-state index contributed by atoms with van der Waals surface area (Å²) >= 11 is 0. The Bertz CT molecular complexity index is 427. The highest BCUT2D eigenvalue weighted by Gasteiger charge is 2.26. The van der Waals surface area contributed by atoms with E-state index < -0.39 is 0 Å². The van der Waals surface area contributed by atoms with E-state index in [4.69, 9.17) is 10.00 Å². The number of anilines is 1. The standard InChI is InChI=1S/C13H17N3O/c1-10-4-6-16(9-13(10)17-2)12-3-5-15-11(7-12)8-14/h3,5,7,10,13H,4,6,9H2,1-2H3. The number of methoxy groups -OCH3 is 1. The monoisotopic (exact) mass is 231 g/mol. The minimum Gasteiger partial charge on any atom is -0.379 e. The molecule has 1 aromatic rings. The molecule has 4 heteroatoms. The number of aromatic nitrogens is 1. The molecule has 4 nitrogen and oxygen atoms in total. The van der Waals surface area contributed by atoms with Gasteiger partial charge in [0.1, 0.15) is 11.8 Å². The fraction of sp³-hybridized carbons (Fsp3) is 0.538. The summed E-state index contributed by atoms with van der Waals surface area (Å²) in [5.41, 5.74) is 1.53. The normalized spacial score (nSPS) is 24.4. The highest BCUT2D eigenvalue weighted by Crippen LogP contribution is 2.24. The van der Waals surface area contributed by atoms with E-state index in [1.807, 2.05) is 12.1 Å². The number of hydrogen-bond acceptors (Lipinski definition) is 4. The number of pyridine rings is 1. The van der Waals surface area contributed by atoms with E-state index in [9.17, 15) is 0 Å². The molecule has 2 unspecified atom stereocenters. The van der Waals surface area contributed by atoms with E-state index >= 15 is 0 Å². The van der Waals surface area contributed by atoms with Crippen molar-refractivity contribution >= 4 is 5.69 Å². The third-order valence-corrected chi connectivity index (χ3v) is 3.42. The predicted octanol–water partition coefficient (Wildman–Crippen LogP) is 1.81. The van der Waals surface area contributed by atoms with Crippen molar-refractivity contribution < 1.29 is 4.74 Å². The van der Waals surface area contributed by atoms with E-state index in [0.717, 1.165) is 25.2 Å². The van der Waals surface area contributed by atoms with Gasteiger partial charge in [-0.1, -0.05) is 6.92 Å². The van der Waals surface area contributed by atoms with Crippen molar-refractivity contribution in [1.82, 2.24) is 4.98 Å². The lowest BCUT2D eigenvalue weighted by atomic mass is 9.95. The fourth-order valence-electron chi connectivity index (χ4n) is 2.25. The molecular weight excluding hydrogens is 214 g/mol. The van der Waals surface area contributed by atoms with Crippen LogP contribution in [0, 0.1) is 17.2 Å². The molecular formula is C13H17N3O. The lowest BCUT2D eigenvalue weighted by molar-refractivity contribution is 0.0498. The van der Waals surface area contributed by atoms with Gasteiger partial charge in [0.15, 0.2) is 0 Å². The summed E-state index contributed by atoms with van der Waals surface area (Å²) in [4.78, 5) is 6.25. The third-order valence-electron chi connectivity index (χ3n) is 3.42. The molecule has 1 fully saturated rings.